The Bertz CT molecular complexity index is 1480. The van der Waals surface area contributed by atoms with E-state index in [4.69, 9.17) is 32.3 Å². The van der Waals surface area contributed by atoms with E-state index in [9.17, 15) is 24.0 Å². The van der Waals surface area contributed by atoms with Gasteiger partial charge in [0.2, 0.25) is 11.8 Å². The normalized spacial score (nSPS) is 18.8. The van der Waals surface area contributed by atoms with E-state index < -0.39 is 27.9 Å². The average molecular weight is 882 g/mol. The van der Waals surface area contributed by atoms with Gasteiger partial charge in [0.1, 0.15) is 16.8 Å². The van der Waals surface area contributed by atoms with E-state index in [1.165, 1.54) is 0 Å². The fourth-order valence-corrected chi connectivity index (χ4v) is 6.32. The molecule has 0 aromatic rings. The number of nitrogens with one attached hydrogen (secondary N) is 2. The lowest BCUT2D eigenvalue weighted by molar-refractivity contribution is -0.129. The van der Waals surface area contributed by atoms with Crippen molar-refractivity contribution in [1.29, 1.82) is 0 Å². The molecule has 0 radical (unpaired) electrons. The number of piperazine rings is 4. The number of carbonyl (C=O) groups excluding carboxylic acids is 5. The highest BCUT2D eigenvalue weighted by Crippen LogP contribution is 2.21. The SMILES string of the molecule is CC(C)(C(N)=O)N1CCNCC1.CC(C)(C)OC(=O)N1CCN(C(C)(C)C(N)=O)CC1.CC(C)(C)OC(=O)N1CCNCC1.[C-]#[N+]C(C)(C)N1CCN(C(=O)OC(C)(C)C)CC1. The van der Waals surface area contributed by atoms with Crippen LogP contribution < -0.4 is 22.1 Å². The van der Waals surface area contributed by atoms with E-state index in [1.807, 2.05) is 94.9 Å². The van der Waals surface area contributed by atoms with Gasteiger partial charge in [-0.25, -0.2) is 25.9 Å². The molecule has 19 nitrogen and oxygen atoms in total. The standard InChI is InChI=1S/C13H25N3O3.C13H23N3O2.C9H18N2O2.C8H17N3O/c1-12(2,3)19-11(18)15-6-8-16(9-7-15)13(4,5)10(14)17;1-12(2,3)18-11(17)15-7-9-16(10-8-15)13(4,5)14-6;1-9(2,3)13-8(12)11-6-4-10-5-7-11;1-8(2,7(9)12)11-5-3-10-4-6-11/h6-9H2,1-5H3,(H2,14,17);7-10H2,1-5H3;10H,4-7H2,1-3H3;10H,3-6H2,1-2H3,(H2,9,12). The van der Waals surface area contributed by atoms with Gasteiger partial charge in [0.05, 0.1) is 11.1 Å². The van der Waals surface area contributed by atoms with Crippen molar-refractivity contribution in [2.75, 3.05) is 105 Å². The molecule has 4 saturated heterocycles. The van der Waals surface area contributed by atoms with Crippen molar-refractivity contribution in [3.63, 3.8) is 0 Å². The molecular weight excluding hydrogens is 799 g/mol. The molecular formula is C43H83N11O8. The van der Waals surface area contributed by atoms with Crippen molar-refractivity contribution >= 4 is 30.1 Å². The minimum Gasteiger partial charge on any atom is -0.444 e. The second-order valence-electron chi connectivity index (χ2n) is 20.3. The molecule has 4 aliphatic rings. The highest BCUT2D eigenvalue weighted by Gasteiger charge is 2.38. The maximum Gasteiger partial charge on any atom is 0.410 e. The van der Waals surface area contributed by atoms with Gasteiger partial charge in [0.15, 0.2) is 0 Å². The van der Waals surface area contributed by atoms with Gasteiger partial charge in [-0.1, -0.05) is 0 Å². The molecule has 4 rings (SSSR count). The minimum absolute atomic E-state index is 0.200. The van der Waals surface area contributed by atoms with Crippen LogP contribution in [0.3, 0.4) is 0 Å². The van der Waals surface area contributed by atoms with Gasteiger partial charge >= 0.3 is 18.3 Å². The molecule has 0 unspecified atom stereocenters. The van der Waals surface area contributed by atoms with Gasteiger partial charge in [-0.15, -0.1) is 0 Å². The Kier molecular flexibility index (Phi) is 21.4. The zero-order chi connectivity index (χ0) is 47.9. The number of nitrogens with zero attached hydrogens (tertiary/aromatic N) is 7. The Morgan fingerprint density at radius 3 is 0.968 bits per heavy atom. The summed E-state index contributed by atoms with van der Waals surface area (Å²) in [5.41, 5.74) is 7.70. The number of amides is 5. The summed E-state index contributed by atoms with van der Waals surface area (Å²) in [6.07, 6.45) is -0.763. The maximum absolute atomic E-state index is 11.9. The molecule has 0 aromatic heterocycles. The monoisotopic (exact) mass is 882 g/mol. The summed E-state index contributed by atoms with van der Waals surface area (Å²) in [6, 6.07) is 0. The quantitative estimate of drug-likeness (QED) is 0.231. The lowest BCUT2D eigenvalue weighted by atomic mass is 10.0. The fraction of sp³-hybridized carbons (Fsp3) is 0.860. The van der Waals surface area contributed by atoms with Crippen molar-refractivity contribution in [3.8, 4) is 0 Å². The predicted octanol–water partition coefficient (Wildman–Crippen LogP) is 2.98. The fourth-order valence-electron chi connectivity index (χ4n) is 6.32. The molecule has 5 amide bonds. The summed E-state index contributed by atoms with van der Waals surface area (Å²) in [5.74, 6) is -0.595. The summed E-state index contributed by atoms with van der Waals surface area (Å²) in [4.78, 5) is 72.7. The first kappa shape index (κ1) is 56.1. The second kappa shape index (κ2) is 23.6. The molecule has 4 heterocycles. The van der Waals surface area contributed by atoms with Crippen LogP contribution in [0.1, 0.15) is 104 Å². The third kappa shape index (κ3) is 20.0. The van der Waals surface area contributed by atoms with Crippen molar-refractivity contribution in [1.82, 2.24) is 40.0 Å². The number of carbonyl (C=O) groups is 5. The van der Waals surface area contributed by atoms with Crippen molar-refractivity contribution in [3.05, 3.63) is 11.4 Å². The molecule has 0 atom stereocenters. The van der Waals surface area contributed by atoms with Crippen molar-refractivity contribution < 1.29 is 38.2 Å². The van der Waals surface area contributed by atoms with Crippen LogP contribution in [0, 0.1) is 6.57 Å². The van der Waals surface area contributed by atoms with Crippen molar-refractivity contribution in [2.45, 2.75) is 137 Å². The molecule has 0 bridgehead atoms. The zero-order valence-electron chi connectivity index (χ0n) is 40.9. The minimum atomic E-state index is -0.681. The van der Waals surface area contributed by atoms with Crippen molar-refractivity contribution in [2.24, 2.45) is 11.5 Å². The Morgan fingerprint density at radius 1 is 0.435 bits per heavy atom. The molecule has 4 fully saturated rings. The molecule has 358 valence electrons. The lowest BCUT2D eigenvalue weighted by Gasteiger charge is -2.42. The average Bonchev–Trinajstić information content (AvgIpc) is 3.17. The van der Waals surface area contributed by atoms with Gasteiger partial charge in [-0.3, -0.25) is 24.2 Å². The van der Waals surface area contributed by atoms with E-state index >= 15 is 0 Å². The molecule has 62 heavy (non-hydrogen) atoms. The molecule has 19 heteroatoms. The summed E-state index contributed by atoms with van der Waals surface area (Å²) < 4.78 is 15.9. The molecule has 0 aliphatic carbocycles. The van der Waals surface area contributed by atoms with E-state index in [-0.39, 0.29) is 35.7 Å². The zero-order valence-corrected chi connectivity index (χ0v) is 40.9. The van der Waals surface area contributed by atoms with Crippen LogP contribution in [0.2, 0.25) is 0 Å². The molecule has 0 spiro atoms. The van der Waals surface area contributed by atoms with Crippen LogP contribution in [0.25, 0.3) is 4.85 Å². The Balaban J connectivity index is 0.000000420. The highest BCUT2D eigenvalue weighted by atomic mass is 16.6. The second-order valence-corrected chi connectivity index (χ2v) is 20.3. The first-order valence-corrected chi connectivity index (χ1v) is 21.8. The molecule has 4 aliphatic heterocycles. The summed E-state index contributed by atoms with van der Waals surface area (Å²) in [6.45, 7) is 47.0. The number of nitrogens with two attached hydrogens (primary N) is 2. The first-order valence-electron chi connectivity index (χ1n) is 21.8. The van der Waals surface area contributed by atoms with Crippen LogP contribution in [-0.4, -0.2) is 198 Å². The van der Waals surface area contributed by atoms with E-state index in [1.54, 1.807) is 28.5 Å². The van der Waals surface area contributed by atoms with E-state index in [2.05, 4.69) is 25.3 Å². The number of rotatable bonds is 5. The highest BCUT2D eigenvalue weighted by molar-refractivity contribution is 5.84. The molecule has 6 N–H and O–H groups in total. The lowest BCUT2D eigenvalue weighted by Crippen LogP contribution is -2.60. The Hall–Kier alpha value is -3.96. The van der Waals surface area contributed by atoms with E-state index in [0.29, 0.717) is 52.4 Å². The molecule has 0 aromatic carbocycles. The Morgan fingerprint density at radius 2 is 0.694 bits per heavy atom. The Labute approximate surface area is 372 Å². The van der Waals surface area contributed by atoms with Crippen LogP contribution >= 0.6 is 0 Å². The van der Waals surface area contributed by atoms with Gasteiger partial charge in [0.25, 0.3) is 5.66 Å². The first-order chi connectivity index (χ1) is 28.2. The van der Waals surface area contributed by atoms with Crippen LogP contribution in [0.15, 0.2) is 0 Å². The summed E-state index contributed by atoms with van der Waals surface area (Å²) in [5, 5.41) is 6.41. The van der Waals surface area contributed by atoms with Gasteiger partial charge < -0.3 is 51.0 Å². The number of ether oxygens (including phenoxy) is 3. The number of primary amides is 2. The van der Waals surface area contributed by atoms with E-state index in [0.717, 1.165) is 52.4 Å². The van der Waals surface area contributed by atoms with Crippen LogP contribution in [-0.2, 0) is 23.8 Å². The molecule has 0 saturated carbocycles. The third-order valence-electron chi connectivity index (χ3n) is 10.6. The largest absolute Gasteiger partial charge is 0.444 e. The number of hydrogen-bond donors (Lipinski definition) is 4. The smallest absolute Gasteiger partial charge is 0.410 e. The van der Waals surface area contributed by atoms with Gasteiger partial charge in [0, 0.05) is 119 Å². The maximum atomic E-state index is 11.9. The van der Waals surface area contributed by atoms with Gasteiger partial charge in [-0.2, -0.15) is 0 Å². The number of hydrogen-bond acceptors (Lipinski definition) is 13. The summed E-state index contributed by atoms with van der Waals surface area (Å²) in [7, 11) is 0. The predicted molar refractivity (Wildman–Crippen MR) is 241 cm³/mol. The van der Waals surface area contributed by atoms with Crippen LogP contribution in [0.5, 0.6) is 0 Å². The van der Waals surface area contributed by atoms with Gasteiger partial charge in [-0.05, 0) is 90.0 Å². The topological polar surface area (TPSA) is 213 Å². The third-order valence-corrected chi connectivity index (χ3v) is 10.6. The summed E-state index contributed by atoms with van der Waals surface area (Å²) >= 11 is 0. The van der Waals surface area contributed by atoms with Crippen LogP contribution in [0.4, 0.5) is 14.4 Å².